The van der Waals surface area contributed by atoms with Crippen LogP contribution in [-0.4, -0.2) is 4.57 Å². The van der Waals surface area contributed by atoms with E-state index in [1.807, 2.05) is 0 Å². The van der Waals surface area contributed by atoms with Crippen molar-refractivity contribution in [1.29, 1.82) is 0 Å². The van der Waals surface area contributed by atoms with Crippen molar-refractivity contribution in [3.8, 4) is 39.1 Å². The number of hydrogen-bond acceptors (Lipinski definition) is 1. The summed E-state index contributed by atoms with van der Waals surface area (Å²) in [6.45, 7) is 4.72. The number of aromatic nitrogens is 1. The van der Waals surface area contributed by atoms with E-state index in [4.69, 9.17) is 0 Å². The third-order valence-electron chi connectivity index (χ3n) is 12.2. The van der Waals surface area contributed by atoms with Crippen molar-refractivity contribution in [2.75, 3.05) is 4.90 Å². The quantitative estimate of drug-likeness (QED) is 0.165. The first kappa shape index (κ1) is 33.2. The second-order valence-electron chi connectivity index (χ2n) is 15.7. The summed E-state index contributed by atoms with van der Waals surface area (Å²) in [4.78, 5) is 2.50. The molecule has 0 amide bonds. The number of para-hydroxylation sites is 3. The van der Waals surface area contributed by atoms with Gasteiger partial charge in [0.25, 0.3) is 0 Å². The zero-order valence-electron chi connectivity index (χ0n) is 32.0. The summed E-state index contributed by atoms with van der Waals surface area (Å²) < 4.78 is 2.41. The number of hydrogen-bond donors (Lipinski definition) is 0. The van der Waals surface area contributed by atoms with Crippen LogP contribution in [-0.2, 0) is 5.41 Å². The van der Waals surface area contributed by atoms with Gasteiger partial charge in [-0.05, 0) is 98.2 Å². The summed E-state index contributed by atoms with van der Waals surface area (Å²) in [5, 5.41) is 4.94. The molecule has 0 spiro atoms. The van der Waals surface area contributed by atoms with Gasteiger partial charge in [-0.1, -0.05) is 172 Å². The molecule has 0 aliphatic heterocycles. The zero-order valence-corrected chi connectivity index (χ0v) is 32.0. The first-order valence-corrected chi connectivity index (χ1v) is 19.9. The molecule has 0 atom stereocenters. The van der Waals surface area contributed by atoms with Crippen LogP contribution in [0.1, 0.15) is 25.0 Å². The Morgan fingerprint density at radius 2 is 0.982 bits per heavy atom. The number of anilines is 3. The Hall–Kier alpha value is -7.16. The number of nitrogens with zero attached hydrogens (tertiary/aromatic N) is 2. The number of rotatable bonds is 6. The Labute approximate surface area is 333 Å². The van der Waals surface area contributed by atoms with Crippen molar-refractivity contribution in [2.24, 2.45) is 0 Å². The van der Waals surface area contributed by atoms with Gasteiger partial charge in [0, 0.05) is 33.1 Å². The zero-order chi connectivity index (χ0) is 38.1. The lowest BCUT2D eigenvalue weighted by Gasteiger charge is -2.29. The van der Waals surface area contributed by atoms with Crippen molar-refractivity contribution in [3.05, 3.63) is 217 Å². The molecule has 0 bridgehead atoms. The van der Waals surface area contributed by atoms with Gasteiger partial charge < -0.3 is 9.47 Å². The molecule has 11 rings (SSSR count). The summed E-state index contributed by atoms with van der Waals surface area (Å²) in [5.74, 6) is 0. The molecule has 1 heterocycles. The summed E-state index contributed by atoms with van der Waals surface area (Å²) in [6, 6.07) is 75.6. The van der Waals surface area contributed by atoms with E-state index >= 15 is 0 Å². The molecule has 0 saturated carbocycles. The molecule has 57 heavy (non-hydrogen) atoms. The summed E-state index contributed by atoms with van der Waals surface area (Å²) in [7, 11) is 0. The van der Waals surface area contributed by atoms with Gasteiger partial charge in [0.2, 0.25) is 0 Å². The highest BCUT2D eigenvalue weighted by atomic mass is 15.2. The maximum atomic E-state index is 2.50. The molecule has 2 nitrogen and oxygen atoms in total. The Morgan fingerprint density at radius 1 is 0.404 bits per heavy atom. The molecule has 1 aromatic heterocycles. The average Bonchev–Trinajstić information content (AvgIpc) is 3.73. The van der Waals surface area contributed by atoms with Crippen LogP contribution in [0.4, 0.5) is 17.1 Å². The minimum Gasteiger partial charge on any atom is -0.309 e. The molecule has 0 unspecified atom stereocenters. The highest BCUT2D eigenvalue weighted by Crippen LogP contribution is 2.54. The minimum atomic E-state index is -0.0983. The summed E-state index contributed by atoms with van der Waals surface area (Å²) in [6.07, 6.45) is 0. The lowest BCUT2D eigenvalue weighted by Crippen LogP contribution is -2.15. The number of fused-ring (bicyclic) bond motifs is 7. The molecule has 10 aromatic rings. The lowest BCUT2D eigenvalue weighted by molar-refractivity contribution is 0.660. The Kier molecular flexibility index (Phi) is 7.55. The summed E-state index contributed by atoms with van der Waals surface area (Å²) >= 11 is 0. The first-order chi connectivity index (χ1) is 28.1. The predicted molar refractivity (Wildman–Crippen MR) is 241 cm³/mol. The van der Waals surface area contributed by atoms with Crippen LogP contribution in [0.15, 0.2) is 206 Å². The van der Waals surface area contributed by atoms with E-state index in [0.29, 0.717) is 0 Å². The Morgan fingerprint density at radius 3 is 1.84 bits per heavy atom. The minimum absolute atomic E-state index is 0.0983. The van der Waals surface area contributed by atoms with Gasteiger partial charge in [-0.15, -0.1) is 0 Å². The molecule has 2 heteroatoms. The molecule has 270 valence electrons. The van der Waals surface area contributed by atoms with E-state index < -0.39 is 0 Å². The van der Waals surface area contributed by atoms with Crippen LogP contribution < -0.4 is 4.90 Å². The van der Waals surface area contributed by atoms with Crippen molar-refractivity contribution < 1.29 is 0 Å². The standard InChI is InChI=1S/C55H40N2/c1-55(2)47-27-11-8-23-45(47)53-44(26-15-28-48(53)55)43-22-9-12-29-49(43)57(40-35-33-38(34-36-40)42-25-14-18-37-17-6-7-21-41(37)42)52-32-16-31-51-54(52)46-24-10-13-30-50(46)56(51)39-19-4-3-5-20-39/h3-36H,1-2H3. The van der Waals surface area contributed by atoms with Crippen molar-refractivity contribution >= 4 is 49.6 Å². The van der Waals surface area contributed by atoms with Crippen LogP contribution in [0.5, 0.6) is 0 Å². The maximum Gasteiger partial charge on any atom is 0.0562 e. The fourth-order valence-corrected chi connectivity index (χ4v) is 9.59. The largest absolute Gasteiger partial charge is 0.309 e. The van der Waals surface area contributed by atoms with Crippen LogP contribution in [0.2, 0.25) is 0 Å². The van der Waals surface area contributed by atoms with Gasteiger partial charge in [-0.25, -0.2) is 0 Å². The van der Waals surface area contributed by atoms with Gasteiger partial charge in [0.1, 0.15) is 0 Å². The van der Waals surface area contributed by atoms with E-state index in [2.05, 4.69) is 230 Å². The van der Waals surface area contributed by atoms with Crippen LogP contribution in [0.3, 0.4) is 0 Å². The maximum absolute atomic E-state index is 2.50. The topological polar surface area (TPSA) is 8.17 Å². The van der Waals surface area contributed by atoms with E-state index in [0.717, 1.165) is 22.7 Å². The highest BCUT2D eigenvalue weighted by Gasteiger charge is 2.37. The van der Waals surface area contributed by atoms with Gasteiger partial charge in [-0.2, -0.15) is 0 Å². The fourth-order valence-electron chi connectivity index (χ4n) is 9.59. The van der Waals surface area contributed by atoms with Gasteiger partial charge in [0.05, 0.1) is 22.4 Å². The second-order valence-corrected chi connectivity index (χ2v) is 15.7. The normalized spacial score (nSPS) is 12.9. The Balaban J connectivity index is 1.19. The summed E-state index contributed by atoms with van der Waals surface area (Å²) in [5.41, 5.74) is 17.1. The predicted octanol–water partition coefficient (Wildman–Crippen LogP) is 15.0. The Bertz CT molecular complexity index is 3140. The van der Waals surface area contributed by atoms with Crippen molar-refractivity contribution in [2.45, 2.75) is 19.3 Å². The average molecular weight is 729 g/mol. The highest BCUT2D eigenvalue weighted by molar-refractivity contribution is 6.17. The number of benzene rings is 9. The molecule has 1 aliphatic carbocycles. The molecule has 1 aliphatic rings. The van der Waals surface area contributed by atoms with Gasteiger partial charge in [-0.3, -0.25) is 0 Å². The third-order valence-corrected chi connectivity index (χ3v) is 12.2. The third kappa shape index (κ3) is 5.11. The van der Waals surface area contributed by atoms with Crippen molar-refractivity contribution in [1.82, 2.24) is 4.57 Å². The van der Waals surface area contributed by atoms with Gasteiger partial charge in [0.15, 0.2) is 0 Å². The van der Waals surface area contributed by atoms with E-state index in [-0.39, 0.29) is 5.41 Å². The molecule has 9 aromatic carbocycles. The smallest absolute Gasteiger partial charge is 0.0562 e. The molecule has 0 N–H and O–H groups in total. The van der Waals surface area contributed by atoms with Gasteiger partial charge >= 0.3 is 0 Å². The lowest BCUT2D eigenvalue weighted by atomic mass is 9.82. The van der Waals surface area contributed by atoms with E-state index in [1.165, 1.54) is 77.1 Å². The van der Waals surface area contributed by atoms with Crippen LogP contribution in [0.25, 0.3) is 71.6 Å². The molecular formula is C55H40N2. The molecule has 0 saturated heterocycles. The first-order valence-electron chi connectivity index (χ1n) is 19.9. The van der Waals surface area contributed by atoms with Crippen LogP contribution in [0, 0.1) is 0 Å². The molecule has 0 radical (unpaired) electrons. The fraction of sp³-hybridized carbons (Fsp3) is 0.0545. The monoisotopic (exact) mass is 728 g/mol. The van der Waals surface area contributed by atoms with E-state index in [1.54, 1.807) is 0 Å². The molecular weight excluding hydrogens is 689 g/mol. The van der Waals surface area contributed by atoms with Crippen molar-refractivity contribution in [3.63, 3.8) is 0 Å². The van der Waals surface area contributed by atoms with Crippen LogP contribution >= 0.6 is 0 Å². The SMILES string of the molecule is CC1(C)c2ccccc2-c2c(-c3ccccc3N(c3ccc(-c4cccc5ccccc45)cc3)c3cccc4c3c3ccccc3n4-c3ccccc3)cccc21. The second kappa shape index (κ2) is 13.0. The van der Waals surface area contributed by atoms with E-state index in [9.17, 15) is 0 Å². The molecule has 0 fully saturated rings.